The Morgan fingerprint density at radius 1 is 1.17 bits per heavy atom. The van der Waals surface area contributed by atoms with Crippen molar-refractivity contribution in [3.8, 4) is 11.4 Å². The van der Waals surface area contributed by atoms with Crippen molar-refractivity contribution in [1.29, 1.82) is 0 Å². The molecule has 0 aliphatic carbocycles. The molecule has 3 rings (SSSR count). The highest BCUT2D eigenvalue weighted by atomic mass is 35.5. The molecule has 1 heterocycles. The van der Waals surface area contributed by atoms with Crippen molar-refractivity contribution in [2.45, 2.75) is 6.92 Å². The van der Waals surface area contributed by atoms with E-state index in [0.717, 1.165) is 11.4 Å². The Hall–Kier alpha value is -2.86. The number of halogens is 1. The lowest BCUT2D eigenvalue weighted by Gasteiger charge is -2.07. The minimum absolute atomic E-state index is 0.241. The molecule has 0 radical (unpaired) electrons. The smallest absolute Gasteiger partial charge is 0.278 e. The van der Waals surface area contributed by atoms with Crippen LogP contribution in [-0.2, 0) is 0 Å². The third kappa shape index (κ3) is 3.09. The number of aromatic nitrogens is 3. The van der Waals surface area contributed by atoms with E-state index in [1.807, 2.05) is 24.3 Å². The first-order chi connectivity index (χ1) is 11.6. The lowest BCUT2D eigenvalue weighted by molar-refractivity contribution is 0.102. The standard InChI is InChI=1S/C17H15ClN4O2/c1-11-16(17(23)19-15-6-4-3-5-14(15)18)20-21-22(11)12-7-9-13(24-2)10-8-12/h3-10H,1-2H3,(H,19,23). The van der Waals surface area contributed by atoms with Gasteiger partial charge < -0.3 is 10.1 Å². The maximum Gasteiger partial charge on any atom is 0.278 e. The van der Waals surface area contributed by atoms with Crippen molar-refractivity contribution >= 4 is 23.2 Å². The zero-order valence-corrected chi connectivity index (χ0v) is 13.9. The summed E-state index contributed by atoms with van der Waals surface area (Å²) in [4.78, 5) is 12.4. The van der Waals surface area contributed by atoms with Gasteiger partial charge >= 0.3 is 0 Å². The molecule has 7 heteroatoms. The molecule has 1 amide bonds. The van der Waals surface area contributed by atoms with E-state index in [1.165, 1.54) is 0 Å². The summed E-state index contributed by atoms with van der Waals surface area (Å²) in [6.45, 7) is 1.78. The fraction of sp³-hybridized carbons (Fsp3) is 0.118. The molecular formula is C17H15ClN4O2. The quantitative estimate of drug-likeness (QED) is 0.788. The SMILES string of the molecule is COc1ccc(-n2nnc(C(=O)Nc3ccccc3Cl)c2C)cc1. The van der Waals surface area contributed by atoms with Gasteiger partial charge in [0.05, 0.1) is 29.2 Å². The molecule has 3 aromatic rings. The van der Waals surface area contributed by atoms with Crippen LogP contribution in [0, 0.1) is 6.92 Å². The monoisotopic (exact) mass is 342 g/mol. The average molecular weight is 343 g/mol. The molecule has 2 aromatic carbocycles. The zero-order valence-electron chi connectivity index (χ0n) is 13.2. The fourth-order valence-corrected chi connectivity index (χ4v) is 2.43. The van der Waals surface area contributed by atoms with Crippen LogP contribution in [0.2, 0.25) is 5.02 Å². The van der Waals surface area contributed by atoms with E-state index in [-0.39, 0.29) is 11.6 Å². The number of para-hydroxylation sites is 1. The number of hydrogen-bond donors (Lipinski definition) is 1. The fourth-order valence-electron chi connectivity index (χ4n) is 2.25. The van der Waals surface area contributed by atoms with Crippen LogP contribution in [0.25, 0.3) is 5.69 Å². The van der Waals surface area contributed by atoms with Gasteiger partial charge in [-0.3, -0.25) is 4.79 Å². The van der Waals surface area contributed by atoms with Crippen LogP contribution >= 0.6 is 11.6 Å². The number of carbonyl (C=O) groups is 1. The highest BCUT2D eigenvalue weighted by Crippen LogP contribution is 2.22. The third-order valence-electron chi connectivity index (χ3n) is 3.55. The average Bonchev–Trinajstić information content (AvgIpc) is 2.98. The molecule has 0 bridgehead atoms. The Balaban J connectivity index is 1.86. The molecule has 24 heavy (non-hydrogen) atoms. The number of rotatable bonds is 4. The minimum Gasteiger partial charge on any atom is -0.497 e. The first-order valence-corrected chi connectivity index (χ1v) is 7.60. The Morgan fingerprint density at radius 2 is 1.88 bits per heavy atom. The molecule has 1 N–H and O–H groups in total. The van der Waals surface area contributed by atoms with E-state index in [0.29, 0.717) is 16.4 Å². The van der Waals surface area contributed by atoms with E-state index in [2.05, 4.69) is 15.6 Å². The molecule has 0 aliphatic rings. The Morgan fingerprint density at radius 3 is 2.54 bits per heavy atom. The van der Waals surface area contributed by atoms with Gasteiger partial charge in [0.1, 0.15) is 5.75 Å². The number of benzene rings is 2. The van der Waals surface area contributed by atoms with Crippen molar-refractivity contribution in [1.82, 2.24) is 15.0 Å². The summed E-state index contributed by atoms with van der Waals surface area (Å²) in [7, 11) is 1.60. The summed E-state index contributed by atoms with van der Waals surface area (Å²) in [5.41, 5.74) is 2.19. The molecular weight excluding hydrogens is 328 g/mol. The van der Waals surface area contributed by atoms with Gasteiger partial charge in [0.25, 0.3) is 5.91 Å². The number of nitrogens with zero attached hydrogens (tertiary/aromatic N) is 3. The van der Waals surface area contributed by atoms with Crippen LogP contribution in [0.3, 0.4) is 0 Å². The van der Waals surface area contributed by atoms with Crippen LogP contribution in [0.1, 0.15) is 16.2 Å². The number of methoxy groups -OCH3 is 1. The molecule has 1 aromatic heterocycles. The summed E-state index contributed by atoms with van der Waals surface area (Å²) in [5.74, 6) is 0.383. The van der Waals surface area contributed by atoms with Gasteiger partial charge in [-0.15, -0.1) is 5.10 Å². The number of carbonyl (C=O) groups excluding carboxylic acids is 1. The second-order valence-electron chi connectivity index (χ2n) is 5.07. The second-order valence-corrected chi connectivity index (χ2v) is 5.47. The predicted octanol–water partition coefficient (Wildman–Crippen LogP) is 3.49. The summed E-state index contributed by atoms with van der Waals surface area (Å²) in [5, 5.41) is 11.3. The van der Waals surface area contributed by atoms with E-state index in [4.69, 9.17) is 16.3 Å². The summed E-state index contributed by atoms with van der Waals surface area (Å²) >= 11 is 6.06. The molecule has 0 fully saturated rings. The van der Waals surface area contributed by atoms with Crippen LogP contribution in [0.5, 0.6) is 5.75 Å². The predicted molar refractivity (Wildman–Crippen MR) is 92.1 cm³/mol. The van der Waals surface area contributed by atoms with Crippen molar-refractivity contribution < 1.29 is 9.53 Å². The van der Waals surface area contributed by atoms with Crippen LogP contribution in [0.15, 0.2) is 48.5 Å². The lowest BCUT2D eigenvalue weighted by atomic mass is 10.2. The number of hydrogen-bond acceptors (Lipinski definition) is 4. The van der Waals surface area contributed by atoms with Crippen LogP contribution in [0.4, 0.5) is 5.69 Å². The highest BCUT2D eigenvalue weighted by Gasteiger charge is 2.18. The summed E-state index contributed by atoms with van der Waals surface area (Å²) in [6.07, 6.45) is 0. The largest absolute Gasteiger partial charge is 0.497 e. The highest BCUT2D eigenvalue weighted by molar-refractivity contribution is 6.33. The lowest BCUT2D eigenvalue weighted by Crippen LogP contribution is -2.14. The first kappa shape index (κ1) is 16.0. The molecule has 0 saturated heterocycles. The maximum absolute atomic E-state index is 12.4. The van der Waals surface area contributed by atoms with Crippen LogP contribution in [-0.4, -0.2) is 28.0 Å². The van der Waals surface area contributed by atoms with Crippen molar-refractivity contribution in [3.05, 3.63) is 64.9 Å². The van der Waals surface area contributed by atoms with Gasteiger partial charge in [0.2, 0.25) is 0 Å². The summed E-state index contributed by atoms with van der Waals surface area (Å²) < 4.78 is 6.73. The maximum atomic E-state index is 12.4. The molecule has 6 nitrogen and oxygen atoms in total. The van der Waals surface area contributed by atoms with Crippen molar-refractivity contribution in [2.24, 2.45) is 0 Å². The normalized spacial score (nSPS) is 10.5. The molecule has 0 saturated carbocycles. The topological polar surface area (TPSA) is 69.0 Å². The van der Waals surface area contributed by atoms with E-state index in [9.17, 15) is 4.79 Å². The molecule has 0 spiro atoms. The number of ether oxygens (including phenoxy) is 1. The number of anilines is 1. The van der Waals surface area contributed by atoms with Crippen molar-refractivity contribution in [3.63, 3.8) is 0 Å². The Labute approximate surface area is 144 Å². The molecule has 0 aliphatic heterocycles. The van der Waals surface area contributed by atoms with Gasteiger partial charge in [0.15, 0.2) is 5.69 Å². The number of nitrogens with one attached hydrogen (secondary N) is 1. The van der Waals surface area contributed by atoms with Gasteiger partial charge in [0, 0.05) is 0 Å². The Kier molecular flexibility index (Phi) is 4.48. The molecule has 0 unspecified atom stereocenters. The van der Waals surface area contributed by atoms with Gasteiger partial charge in [-0.25, -0.2) is 4.68 Å². The summed E-state index contributed by atoms with van der Waals surface area (Å²) in [6, 6.07) is 14.3. The van der Waals surface area contributed by atoms with E-state index in [1.54, 1.807) is 43.0 Å². The van der Waals surface area contributed by atoms with Crippen molar-refractivity contribution in [2.75, 3.05) is 12.4 Å². The third-order valence-corrected chi connectivity index (χ3v) is 3.88. The molecule has 0 atom stereocenters. The van der Waals surface area contributed by atoms with Gasteiger partial charge in [-0.1, -0.05) is 28.9 Å². The van der Waals surface area contributed by atoms with Gasteiger partial charge in [-0.2, -0.15) is 0 Å². The molecule has 122 valence electrons. The second kappa shape index (κ2) is 6.72. The van der Waals surface area contributed by atoms with Gasteiger partial charge in [-0.05, 0) is 43.3 Å². The minimum atomic E-state index is -0.361. The zero-order chi connectivity index (χ0) is 17.1. The first-order valence-electron chi connectivity index (χ1n) is 7.23. The van der Waals surface area contributed by atoms with E-state index >= 15 is 0 Å². The number of amides is 1. The Bertz CT molecular complexity index is 875. The van der Waals surface area contributed by atoms with Crippen LogP contribution < -0.4 is 10.1 Å². The van der Waals surface area contributed by atoms with E-state index < -0.39 is 0 Å².